The average molecular weight is 261 g/mol. The molecule has 1 amide bonds. The SMILES string of the molecule is CCC(C)OCC(=O)N1CCC(C)S(=O)CC1. The van der Waals surface area contributed by atoms with Crippen LogP contribution in [-0.2, 0) is 20.3 Å². The number of ether oxygens (including phenoxy) is 1. The molecule has 0 saturated carbocycles. The van der Waals surface area contributed by atoms with Gasteiger partial charge in [0.2, 0.25) is 5.91 Å². The molecular formula is C12H23NO3S. The van der Waals surface area contributed by atoms with Gasteiger partial charge in [0.25, 0.3) is 0 Å². The number of hydrogen-bond acceptors (Lipinski definition) is 3. The summed E-state index contributed by atoms with van der Waals surface area (Å²) >= 11 is 0. The van der Waals surface area contributed by atoms with Gasteiger partial charge in [0.05, 0.1) is 6.10 Å². The number of amides is 1. The van der Waals surface area contributed by atoms with Crippen molar-refractivity contribution < 1.29 is 13.7 Å². The summed E-state index contributed by atoms with van der Waals surface area (Å²) in [5, 5.41) is 0.197. The van der Waals surface area contributed by atoms with Crippen molar-refractivity contribution in [2.24, 2.45) is 0 Å². The van der Waals surface area contributed by atoms with Crippen LogP contribution in [0.3, 0.4) is 0 Å². The molecule has 0 aromatic carbocycles. The van der Waals surface area contributed by atoms with Crippen LogP contribution in [0, 0.1) is 0 Å². The van der Waals surface area contributed by atoms with E-state index in [0.717, 1.165) is 12.8 Å². The van der Waals surface area contributed by atoms with E-state index >= 15 is 0 Å². The first kappa shape index (κ1) is 14.6. The van der Waals surface area contributed by atoms with E-state index in [-0.39, 0.29) is 23.9 Å². The van der Waals surface area contributed by atoms with Crippen molar-refractivity contribution >= 4 is 16.7 Å². The van der Waals surface area contributed by atoms with E-state index in [9.17, 15) is 9.00 Å². The molecule has 0 bridgehead atoms. The van der Waals surface area contributed by atoms with Crippen LogP contribution in [-0.4, -0.2) is 51.8 Å². The summed E-state index contributed by atoms with van der Waals surface area (Å²) in [6.45, 7) is 7.43. The van der Waals surface area contributed by atoms with Crippen molar-refractivity contribution in [1.82, 2.24) is 4.90 Å². The number of nitrogens with zero attached hydrogens (tertiary/aromatic N) is 1. The molecule has 1 fully saturated rings. The minimum Gasteiger partial charge on any atom is -0.369 e. The molecule has 0 spiro atoms. The summed E-state index contributed by atoms with van der Waals surface area (Å²) in [6.07, 6.45) is 1.86. The number of rotatable bonds is 4. The van der Waals surface area contributed by atoms with Crippen molar-refractivity contribution in [3.63, 3.8) is 0 Å². The first-order valence-corrected chi connectivity index (χ1v) is 7.69. The third-order valence-electron chi connectivity index (χ3n) is 3.24. The Kier molecular flexibility index (Phi) is 6.12. The zero-order valence-corrected chi connectivity index (χ0v) is 11.8. The third kappa shape index (κ3) is 4.76. The highest BCUT2D eigenvalue weighted by Gasteiger charge is 2.22. The quantitative estimate of drug-likeness (QED) is 0.763. The van der Waals surface area contributed by atoms with Crippen LogP contribution >= 0.6 is 0 Å². The van der Waals surface area contributed by atoms with Crippen LogP contribution in [0.25, 0.3) is 0 Å². The highest BCUT2D eigenvalue weighted by Crippen LogP contribution is 2.10. The van der Waals surface area contributed by atoms with Crippen LogP contribution in [0.4, 0.5) is 0 Å². The normalized spacial score (nSPS) is 27.6. The standard InChI is InChI=1S/C12H23NO3S/c1-4-10(2)16-9-12(14)13-6-5-11(3)17(15)8-7-13/h10-11H,4-9H2,1-3H3. The minimum atomic E-state index is -0.789. The fourth-order valence-electron chi connectivity index (χ4n) is 1.65. The Morgan fingerprint density at radius 2 is 2.24 bits per heavy atom. The van der Waals surface area contributed by atoms with Gasteiger partial charge >= 0.3 is 0 Å². The summed E-state index contributed by atoms with van der Waals surface area (Å²) in [6, 6.07) is 0. The van der Waals surface area contributed by atoms with E-state index in [1.807, 2.05) is 20.8 Å². The lowest BCUT2D eigenvalue weighted by molar-refractivity contribution is -0.137. The highest BCUT2D eigenvalue weighted by molar-refractivity contribution is 7.85. The Balaban J connectivity index is 2.39. The lowest BCUT2D eigenvalue weighted by atomic mass is 10.3. The molecule has 17 heavy (non-hydrogen) atoms. The monoisotopic (exact) mass is 261 g/mol. The topological polar surface area (TPSA) is 46.6 Å². The molecular weight excluding hydrogens is 238 g/mol. The second-order valence-electron chi connectivity index (χ2n) is 4.59. The molecule has 5 heteroatoms. The van der Waals surface area contributed by atoms with Crippen LogP contribution in [0.2, 0.25) is 0 Å². The maximum absolute atomic E-state index is 11.9. The molecule has 0 aliphatic carbocycles. The average Bonchev–Trinajstić information content (AvgIpc) is 2.49. The Bertz CT molecular complexity index is 283. The number of carbonyl (C=O) groups is 1. The van der Waals surface area contributed by atoms with Crippen molar-refractivity contribution in [2.45, 2.75) is 45.0 Å². The van der Waals surface area contributed by atoms with Crippen LogP contribution < -0.4 is 0 Å². The lowest BCUT2D eigenvalue weighted by Crippen LogP contribution is -2.36. The molecule has 0 radical (unpaired) electrons. The molecule has 1 heterocycles. The van der Waals surface area contributed by atoms with E-state index in [0.29, 0.717) is 18.8 Å². The molecule has 4 nitrogen and oxygen atoms in total. The Morgan fingerprint density at radius 1 is 1.53 bits per heavy atom. The molecule has 0 aromatic rings. The fraction of sp³-hybridized carbons (Fsp3) is 0.917. The number of carbonyl (C=O) groups excluding carboxylic acids is 1. The largest absolute Gasteiger partial charge is 0.369 e. The first-order valence-electron chi connectivity index (χ1n) is 6.31. The number of hydrogen-bond donors (Lipinski definition) is 0. The Hall–Kier alpha value is -0.420. The van der Waals surface area contributed by atoms with E-state index < -0.39 is 10.8 Å². The summed E-state index contributed by atoms with van der Waals surface area (Å²) in [5.41, 5.74) is 0. The second-order valence-corrected chi connectivity index (χ2v) is 6.57. The van der Waals surface area contributed by atoms with Gasteiger partial charge in [-0.2, -0.15) is 0 Å². The zero-order valence-electron chi connectivity index (χ0n) is 11.0. The molecule has 100 valence electrons. The summed E-state index contributed by atoms with van der Waals surface area (Å²) in [7, 11) is -0.789. The molecule has 1 aliphatic heterocycles. The van der Waals surface area contributed by atoms with Crippen LogP contribution in [0.5, 0.6) is 0 Å². The molecule has 3 atom stereocenters. The first-order chi connectivity index (χ1) is 8.04. The Morgan fingerprint density at radius 3 is 2.88 bits per heavy atom. The highest BCUT2D eigenvalue weighted by atomic mass is 32.2. The van der Waals surface area contributed by atoms with E-state index in [2.05, 4.69) is 0 Å². The third-order valence-corrected chi connectivity index (χ3v) is 4.95. The predicted molar refractivity (Wildman–Crippen MR) is 69.4 cm³/mol. The predicted octanol–water partition coefficient (Wildman–Crippen LogP) is 1.17. The summed E-state index contributed by atoms with van der Waals surface area (Å²) in [5.74, 6) is 0.618. The van der Waals surface area contributed by atoms with E-state index in [1.54, 1.807) is 4.90 Å². The van der Waals surface area contributed by atoms with Gasteiger partial charge in [-0.3, -0.25) is 9.00 Å². The fourth-order valence-corrected chi connectivity index (χ4v) is 2.83. The van der Waals surface area contributed by atoms with E-state index in [4.69, 9.17) is 4.74 Å². The van der Waals surface area contributed by atoms with Gasteiger partial charge in [0, 0.05) is 34.9 Å². The minimum absolute atomic E-state index is 0.0244. The van der Waals surface area contributed by atoms with Gasteiger partial charge < -0.3 is 9.64 Å². The molecule has 1 saturated heterocycles. The van der Waals surface area contributed by atoms with Crippen LogP contribution in [0.15, 0.2) is 0 Å². The lowest BCUT2D eigenvalue weighted by Gasteiger charge is -2.21. The maximum atomic E-state index is 11.9. The smallest absolute Gasteiger partial charge is 0.248 e. The van der Waals surface area contributed by atoms with Gasteiger partial charge in [-0.25, -0.2) is 0 Å². The molecule has 1 rings (SSSR count). The zero-order chi connectivity index (χ0) is 12.8. The van der Waals surface area contributed by atoms with Gasteiger partial charge in [-0.05, 0) is 19.8 Å². The van der Waals surface area contributed by atoms with Crippen molar-refractivity contribution in [2.75, 3.05) is 25.4 Å². The van der Waals surface area contributed by atoms with Crippen molar-refractivity contribution in [3.8, 4) is 0 Å². The molecule has 0 aromatic heterocycles. The molecule has 3 unspecified atom stereocenters. The van der Waals surface area contributed by atoms with Crippen molar-refractivity contribution in [3.05, 3.63) is 0 Å². The van der Waals surface area contributed by atoms with Gasteiger partial charge in [-0.15, -0.1) is 0 Å². The maximum Gasteiger partial charge on any atom is 0.248 e. The van der Waals surface area contributed by atoms with Crippen LogP contribution in [0.1, 0.15) is 33.6 Å². The van der Waals surface area contributed by atoms with E-state index in [1.165, 1.54) is 0 Å². The molecule has 0 N–H and O–H groups in total. The Labute approximate surface area is 106 Å². The summed E-state index contributed by atoms with van der Waals surface area (Å²) in [4.78, 5) is 13.7. The molecule has 1 aliphatic rings. The van der Waals surface area contributed by atoms with Gasteiger partial charge in [0.1, 0.15) is 6.61 Å². The second kappa shape index (κ2) is 7.11. The van der Waals surface area contributed by atoms with Gasteiger partial charge in [-0.1, -0.05) is 13.8 Å². The van der Waals surface area contributed by atoms with Gasteiger partial charge in [0.15, 0.2) is 0 Å². The summed E-state index contributed by atoms with van der Waals surface area (Å²) < 4.78 is 17.1. The van der Waals surface area contributed by atoms with Crippen molar-refractivity contribution in [1.29, 1.82) is 0 Å².